The van der Waals surface area contributed by atoms with Gasteiger partial charge in [0.05, 0.1) is 28.3 Å². The van der Waals surface area contributed by atoms with Crippen molar-refractivity contribution in [1.29, 1.82) is 0 Å². The molecular weight excluding hydrogens is 388 g/mol. The molecule has 1 unspecified atom stereocenters. The summed E-state index contributed by atoms with van der Waals surface area (Å²) in [4.78, 5) is 28.2. The SMILES string of the molecule is Cc1sc(Sc2ccc(Cl)cc2)cc1C1C(=O)[C@@H]2[C@H](C1=O)[C@@H]1CC[C@H]2O1. The van der Waals surface area contributed by atoms with Gasteiger partial charge in [0.15, 0.2) is 11.6 Å². The van der Waals surface area contributed by atoms with Gasteiger partial charge in [-0.3, -0.25) is 9.59 Å². The van der Waals surface area contributed by atoms with Crippen molar-refractivity contribution in [2.24, 2.45) is 11.8 Å². The third-order valence-corrected chi connectivity index (χ3v) is 8.22. The molecule has 0 spiro atoms. The molecule has 2 saturated heterocycles. The van der Waals surface area contributed by atoms with E-state index in [4.69, 9.17) is 16.3 Å². The monoisotopic (exact) mass is 404 g/mol. The fourth-order valence-electron chi connectivity index (χ4n) is 4.66. The minimum absolute atomic E-state index is 0.0340. The minimum atomic E-state index is -0.590. The van der Waals surface area contributed by atoms with Gasteiger partial charge in [-0.2, -0.15) is 0 Å². The molecule has 5 atom stereocenters. The van der Waals surface area contributed by atoms with Crippen molar-refractivity contribution in [3.05, 3.63) is 45.8 Å². The molecule has 3 fully saturated rings. The highest BCUT2D eigenvalue weighted by atomic mass is 35.5. The van der Waals surface area contributed by atoms with E-state index in [1.807, 2.05) is 37.3 Å². The fraction of sp³-hybridized carbons (Fsp3) is 0.400. The molecule has 5 rings (SSSR count). The third-order valence-electron chi connectivity index (χ3n) is 5.78. The Hall–Kier alpha value is -1.14. The van der Waals surface area contributed by atoms with E-state index >= 15 is 0 Å². The second-order valence-corrected chi connectivity index (χ2v) is 10.3. The molecule has 3 aliphatic rings. The number of Topliss-reactive ketones (excluding diaryl/α,β-unsaturated/α-hetero) is 2. The molecule has 1 saturated carbocycles. The van der Waals surface area contributed by atoms with Gasteiger partial charge in [0.1, 0.15) is 5.92 Å². The molecule has 1 aromatic heterocycles. The lowest BCUT2D eigenvalue weighted by Gasteiger charge is -2.16. The molecule has 2 aromatic rings. The van der Waals surface area contributed by atoms with Crippen molar-refractivity contribution in [3.8, 4) is 0 Å². The number of aryl methyl sites for hydroxylation is 1. The van der Waals surface area contributed by atoms with Crippen molar-refractivity contribution in [3.63, 3.8) is 0 Å². The van der Waals surface area contributed by atoms with E-state index in [2.05, 4.69) is 0 Å². The first kappa shape index (κ1) is 17.0. The van der Waals surface area contributed by atoms with Gasteiger partial charge in [-0.15, -0.1) is 11.3 Å². The second kappa shape index (κ2) is 6.20. The summed E-state index contributed by atoms with van der Waals surface area (Å²) in [6, 6.07) is 9.72. The number of rotatable bonds is 3. The predicted molar refractivity (Wildman–Crippen MR) is 102 cm³/mol. The number of halogens is 1. The largest absolute Gasteiger partial charge is 0.373 e. The minimum Gasteiger partial charge on any atom is -0.373 e. The highest BCUT2D eigenvalue weighted by Gasteiger charge is 2.63. The Kier molecular flexibility index (Phi) is 4.05. The molecule has 26 heavy (non-hydrogen) atoms. The van der Waals surface area contributed by atoms with Gasteiger partial charge in [-0.1, -0.05) is 23.4 Å². The Morgan fingerprint density at radius 1 is 1.08 bits per heavy atom. The van der Waals surface area contributed by atoms with Crippen molar-refractivity contribution >= 4 is 46.3 Å². The summed E-state index contributed by atoms with van der Waals surface area (Å²) in [6.07, 6.45) is 1.76. The van der Waals surface area contributed by atoms with Crippen LogP contribution in [0.25, 0.3) is 0 Å². The van der Waals surface area contributed by atoms with E-state index in [9.17, 15) is 9.59 Å². The number of hydrogen-bond acceptors (Lipinski definition) is 5. The van der Waals surface area contributed by atoms with Gasteiger partial charge in [-0.05, 0) is 55.7 Å². The number of hydrogen-bond donors (Lipinski definition) is 0. The lowest BCUT2D eigenvalue weighted by atomic mass is 9.81. The van der Waals surface area contributed by atoms with E-state index in [-0.39, 0.29) is 35.6 Å². The first-order valence-corrected chi connectivity index (χ1v) is 10.8. The van der Waals surface area contributed by atoms with Crippen molar-refractivity contribution in [2.45, 2.75) is 47.0 Å². The van der Waals surface area contributed by atoms with Gasteiger partial charge in [0, 0.05) is 14.8 Å². The van der Waals surface area contributed by atoms with Crippen LogP contribution in [0.4, 0.5) is 0 Å². The zero-order valence-electron chi connectivity index (χ0n) is 14.1. The summed E-state index contributed by atoms with van der Waals surface area (Å²) in [5, 5.41) is 0.711. The molecule has 3 heterocycles. The fourth-order valence-corrected chi connectivity index (χ4v) is 7.08. The molecule has 1 aliphatic carbocycles. The number of thiophene rings is 1. The molecule has 1 aromatic carbocycles. The maximum Gasteiger partial charge on any atom is 0.154 e. The lowest BCUT2D eigenvalue weighted by molar-refractivity contribution is -0.127. The lowest BCUT2D eigenvalue weighted by Crippen LogP contribution is -2.29. The van der Waals surface area contributed by atoms with Gasteiger partial charge >= 0.3 is 0 Å². The molecule has 0 amide bonds. The Bertz CT molecular complexity index is 876. The van der Waals surface area contributed by atoms with Gasteiger partial charge in [0.25, 0.3) is 0 Å². The summed E-state index contributed by atoms with van der Waals surface area (Å²) >= 11 is 9.23. The maximum absolute atomic E-state index is 13.0. The van der Waals surface area contributed by atoms with Crippen LogP contribution >= 0.6 is 34.7 Å². The van der Waals surface area contributed by atoms with Crippen LogP contribution in [0.2, 0.25) is 5.02 Å². The van der Waals surface area contributed by atoms with E-state index in [1.165, 1.54) is 0 Å². The van der Waals surface area contributed by atoms with E-state index < -0.39 is 5.92 Å². The summed E-state index contributed by atoms with van der Waals surface area (Å²) < 4.78 is 6.93. The molecule has 2 aliphatic heterocycles. The maximum atomic E-state index is 13.0. The van der Waals surface area contributed by atoms with Crippen LogP contribution in [0.3, 0.4) is 0 Å². The zero-order chi connectivity index (χ0) is 18.0. The number of carbonyl (C=O) groups is 2. The number of carbonyl (C=O) groups excluding carboxylic acids is 2. The molecule has 6 heteroatoms. The summed E-state index contributed by atoms with van der Waals surface area (Å²) in [5.74, 6) is -0.851. The van der Waals surface area contributed by atoms with Crippen LogP contribution in [0.1, 0.15) is 29.2 Å². The number of benzene rings is 1. The van der Waals surface area contributed by atoms with Crippen molar-refractivity contribution in [1.82, 2.24) is 0 Å². The molecule has 0 radical (unpaired) electrons. The average Bonchev–Trinajstić information content (AvgIpc) is 3.35. The van der Waals surface area contributed by atoms with Crippen LogP contribution in [-0.2, 0) is 14.3 Å². The molecule has 134 valence electrons. The van der Waals surface area contributed by atoms with Crippen LogP contribution < -0.4 is 0 Å². The molecule has 0 N–H and O–H groups in total. The first-order chi connectivity index (χ1) is 12.5. The smallest absolute Gasteiger partial charge is 0.154 e. The second-order valence-electron chi connectivity index (χ2n) is 7.21. The Labute approximate surface area is 165 Å². The van der Waals surface area contributed by atoms with Gasteiger partial charge < -0.3 is 4.74 Å². The quantitative estimate of drug-likeness (QED) is 0.683. The van der Waals surface area contributed by atoms with Crippen LogP contribution in [0, 0.1) is 18.8 Å². The highest BCUT2D eigenvalue weighted by Crippen LogP contribution is 2.53. The summed E-state index contributed by atoms with van der Waals surface area (Å²) in [6.45, 7) is 2.01. The van der Waals surface area contributed by atoms with Crippen molar-refractivity contribution in [2.75, 3.05) is 0 Å². The normalized spacial score (nSPS) is 32.5. The average molecular weight is 405 g/mol. The molecule has 2 bridgehead atoms. The Morgan fingerprint density at radius 3 is 2.31 bits per heavy atom. The number of fused-ring (bicyclic) bond motifs is 5. The van der Waals surface area contributed by atoms with Crippen molar-refractivity contribution < 1.29 is 14.3 Å². The van der Waals surface area contributed by atoms with Crippen LogP contribution in [0.5, 0.6) is 0 Å². The van der Waals surface area contributed by atoms with E-state index in [0.717, 1.165) is 32.4 Å². The standard InChI is InChI=1S/C20H17ClO3S2/c1-9-12(8-15(25-9)26-11-4-2-10(21)3-5-11)16-19(22)17-13-6-7-14(24-13)18(17)20(16)23/h2-5,8,13-14,16-18H,6-7H2,1H3/t13-,14+,16?,17+,18-. The predicted octanol–water partition coefficient (Wildman–Crippen LogP) is 4.89. The zero-order valence-corrected chi connectivity index (χ0v) is 16.5. The van der Waals surface area contributed by atoms with Crippen LogP contribution in [0.15, 0.2) is 39.4 Å². The summed E-state index contributed by atoms with van der Waals surface area (Å²) in [7, 11) is 0. The van der Waals surface area contributed by atoms with E-state index in [1.54, 1.807) is 23.1 Å². The Morgan fingerprint density at radius 2 is 1.69 bits per heavy atom. The Balaban J connectivity index is 1.44. The van der Waals surface area contributed by atoms with E-state index in [0.29, 0.717) is 5.02 Å². The number of ketones is 2. The van der Waals surface area contributed by atoms with Crippen LogP contribution in [-0.4, -0.2) is 23.8 Å². The topological polar surface area (TPSA) is 43.4 Å². The molecule has 3 nitrogen and oxygen atoms in total. The van der Waals surface area contributed by atoms with Gasteiger partial charge in [0.2, 0.25) is 0 Å². The highest BCUT2D eigenvalue weighted by molar-refractivity contribution is 8.01. The third kappa shape index (κ3) is 2.52. The molecular formula is C20H17ClO3S2. The number of ether oxygens (including phenoxy) is 1. The van der Waals surface area contributed by atoms with Gasteiger partial charge in [-0.25, -0.2) is 0 Å². The summed E-state index contributed by atoms with van der Waals surface area (Å²) in [5.41, 5.74) is 0.898. The first-order valence-electron chi connectivity index (χ1n) is 8.79.